The van der Waals surface area contributed by atoms with Crippen LogP contribution in [0, 0.1) is 0 Å². The summed E-state index contributed by atoms with van der Waals surface area (Å²) in [5.74, 6) is 2.02. The molecule has 0 saturated carbocycles. The van der Waals surface area contributed by atoms with Gasteiger partial charge in [-0.15, -0.1) is 0 Å². The van der Waals surface area contributed by atoms with Crippen LogP contribution in [0.5, 0.6) is 0 Å². The predicted octanol–water partition coefficient (Wildman–Crippen LogP) is 14.3. The Balaban J connectivity index is 1.04. The summed E-state index contributed by atoms with van der Waals surface area (Å²) < 4.78 is 0. The second-order valence-corrected chi connectivity index (χ2v) is 28.4. The summed E-state index contributed by atoms with van der Waals surface area (Å²) in [6.45, 7) is 14.2. The lowest BCUT2D eigenvalue weighted by Crippen LogP contribution is -2.37. The van der Waals surface area contributed by atoms with Crippen LogP contribution < -0.4 is 10.4 Å². The van der Waals surface area contributed by atoms with Gasteiger partial charge in [-0.3, -0.25) is 0 Å². The SMILES string of the molecule is C[Si](C)(C)c1ccc(-c2nc(-c3ccc([Si](C)(C)C)cc3)nc(-c3cccc(-c4cccc(-c5cccc(-c6cccc(-c7cccc(-c8ccccc8)c7)c6)c5)c4)c3)n2)cc1. The number of hydrogen-bond donors (Lipinski definition) is 0. The molecule has 0 unspecified atom stereocenters. The fourth-order valence-corrected chi connectivity index (χ4v) is 10.3. The van der Waals surface area contributed by atoms with E-state index in [9.17, 15) is 0 Å². The largest absolute Gasteiger partial charge is 0.208 e. The van der Waals surface area contributed by atoms with Crippen molar-refractivity contribution in [3.05, 3.63) is 200 Å². The van der Waals surface area contributed by atoms with E-state index in [2.05, 4.69) is 239 Å². The van der Waals surface area contributed by atoms with Gasteiger partial charge in [0.05, 0.1) is 16.1 Å². The standard InChI is InChI=1S/C57H51N3Si2/c1-61(2,3)53-31-27-41(28-32-53)55-58-56(42-29-33-54(34-30-42)62(4,5)6)60-57(59-55)52-26-14-25-51(39-52)50-24-13-23-49(38-50)48-22-12-21-47(37-48)46-20-11-19-45(36-46)44-18-10-17-43(35-44)40-15-8-7-9-16-40/h7-39H,1-6H3. The fraction of sp³-hybridized carbons (Fsp3) is 0.105. The third-order valence-corrected chi connectivity index (χ3v) is 15.8. The number of aromatic nitrogens is 3. The van der Waals surface area contributed by atoms with Crippen molar-refractivity contribution < 1.29 is 0 Å². The second kappa shape index (κ2) is 16.9. The van der Waals surface area contributed by atoms with Crippen LogP contribution >= 0.6 is 0 Å². The zero-order valence-corrected chi connectivity index (χ0v) is 38.4. The molecule has 0 spiro atoms. The van der Waals surface area contributed by atoms with Crippen molar-refractivity contribution in [1.82, 2.24) is 15.0 Å². The quantitative estimate of drug-likeness (QED) is 0.129. The van der Waals surface area contributed by atoms with E-state index in [0.29, 0.717) is 17.5 Å². The molecule has 8 aromatic carbocycles. The number of benzene rings is 8. The first-order valence-electron chi connectivity index (χ1n) is 21.5. The molecule has 0 N–H and O–H groups in total. The topological polar surface area (TPSA) is 38.7 Å². The maximum atomic E-state index is 5.13. The Labute approximate surface area is 368 Å². The van der Waals surface area contributed by atoms with E-state index in [4.69, 9.17) is 15.0 Å². The van der Waals surface area contributed by atoms with Crippen molar-refractivity contribution in [3.63, 3.8) is 0 Å². The van der Waals surface area contributed by atoms with E-state index in [-0.39, 0.29) is 0 Å². The molecule has 5 heteroatoms. The molecule has 0 atom stereocenters. The smallest absolute Gasteiger partial charge is 0.164 e. The molecule has 0 aliphatic carbocycles. The van der Waals surface area contributed by atoms with Crippen LogP contribution in [0.4, 0.5) is 0 Å². The Morgan fingerprint density at radius 2 is 0.468 bits per heavy atom. The highest BCUT2D eigenvalue weighted by Crippen LogP contribution is 2.34. The van der Waals surface area contributed by atoms with Crippen LogP contribution in [0.3, 0.4) is 0 Å². The monoisotopic (exact) mass is 833 g/mol. The minimum atomic E-state index is -1.46. The molecule has 1 aromatic heterocycles. The van der Waals surface area contributed by atoms with Gasteiger partial charge in [-0.25, -0.2) is 15.0 Å². The van der Waals surface area contributed by atoms with Gasteiger partial charge in [0.25, 0.3) is 0 Å². The summed E-state index contributed by atoms with van der Waals surface area (Å²) in [6, 6.07) is 72.2. The summed E-state index contributed by atoms with van der Waals surface area (Å²) in [5.41, 5.74) is 14.7. The summed E-state index contributed by atoms with van der Waals surface area (Å²) in [4.78, 5) is 15.3. The van der Waals surface area contributed by atoms with Crippen molar-refractivity contribution in [2.45, 2.75) is 39.3 Å². The lowest BCUT2D eigenvalue weighted by atomic mass is 9.94. The molecule has 0 amide bonds. The van der Waals surface area contributed by atoms with Crippen LogP contribution in [0.2, 0.25) is 39.3 Å². The molecule has 0 fully saturated rings. The molecule has 9 rings (SSSR count). The average Bonchev–Trinajstić information content (AvgIpc) is 3.31. The number of nitrogens with zero attached hydrogens (tertiary/aromatic N) is 3. The first kappa shape index (κ1) is 40.6. The van der Waals surface area contributed by atoms with Crippen LogP contribution in [0.1, 0.15) is 0 Å². The normalized spacial score (nSPS) is 11.7. The molecule has 0 radical (unpaired) electrons. The number of hydrogen-bond acceptors (Lipinski definition) is 3. The Kier molecular flexibility index (Phi) is 11.1. The van der Waals surface area contributed by atoms with Crippen molar-refractivity contribution in [3.8, 4) is 89.8 Å². The molecule has 0 bridgehead atoms. The van der Waals surface area contributed by atoms with Crippen LogP contribution in [-0.2, 0) is 0 Å². The van der Waals surface area contributed by atoms with E-state index >= 15 is 0 Å². The zero-order valence-electron chi connectivity index (χ0n) is 36.4. The third kappa shape index (κ3) is 8.96. The Bertz CT molecular complexity index is 2940. The minimum Gasteiger partial charge on any atom is -0.208 e. The Morgan fingerprint density at radius 3 is 0.774 bits per heavy atom. The summed E-state index contributed by atoms with van der Waals surface area (Å²) in [5, 5.41) is 2.82. The highest BCUT2D eigenvalue weighted by Gasteiger charge is 2.19. The second-order valence-electron chi connectivity index (χ2n) is 18.2. The summed E-state index contributed by atoms with van der Waals surface area (Å²) >= 11 is 0. The van der Waals surface area contributed by atoms with Gasteiger partial charge in [0.15, 0.2) is 17.5 Å². The zero-order chi connectivity index (χ0) is 42.8. The average molecular weight is 834 g/mol. The van der Waals surface area contributed by atoms with Gasteiger partial charge in [0.2, 0.25) is 0 Å². The summed E-state index contributed by atoms with van der Waals surface area (Å²) in [7, 11) is -2.93. The maximum absolute atomic E-state index is 5.13. The molecule has 3 nitrogen and oxygen atoms in total. The molecule has 0 aliphatic heterocycles. The van der Waals surface area contributed by atoms with Crippen molar-refractivity contribution in [2.24, 2.45) is 0 Å². The van der Waals surface area contributed by atoms with Gasteiger partial charge in [-0.05, 0) is 86.0 Å². The molecule has 62 heavy (non-hydrogen) atoms. The molecule has 302 valence electrons. The lowest BCUT2D eigenvalue weighted by Gasteiger charge is -2.17. The van der Waals surface area contributed by atoms with Crippen molar-refractivity contribution >= 4 is 26.5 Å². The van der Waals surface area contributed by atoms with Gasteiger partial charge < -0.3 is 0 Å². The van der Waals surface area contributed by atoms with Crippen molar-refractivity contribution in [2.75, 3.05) is 0 Å². The van der Waals surface area contributed by atoms with Gasteiger partial charge in [-0.2, -0.15) is 0 Å². The van der Waals surface area contributed by atoms with E-state index < -0.39 is 16.1 Å². The molecular formula is C57H51N3Si2. The number of rotatable bonds is 10. The predicted molar refractivity (Wildman–Crippen MR) is 269 cm³/mol. The highest BCUT2D eigenvalue weighted by molar-refractivity contribution is 6.89. The first-order chi connectivity index (χ1) is 29.9. The molecule has 9 aromatic rings. The molecular weight excluding hydrogens is 783 g/mol. The first-order valence-corrected chi connectivity index (χ1v) is 28.5. The Hall–Kier alpha value is -6.80. The van der Waals surface area contributed by atoms with Gasteiger partial charge >= 0.3 is 0 Å². The molecule has 0 saturated heterocycles. The van der Waals surface area contributed by atoms with Gasteiger partial charge in [0, 0.05) is 16.7 Å². The fourth-order valence-electron chi connectivity index (χ4n) is 7.98. The van der Waals surface area contributed by atoms with E-state index in [1.165, 1.54) is 49.3 Å². The minimum absolute atomic E-state index is 0.660. The van der Waals surface area contributed by atoms with Crippen LogP contribution in [-0.4, -0.2) is 31.1 Å². The van der Waals surface area contributed by atoms with Crippen molar-refractivity contribution in [1.29, 1.82) is 0 Å². The lowest BCUT2D eigenvalue weighted by molar-refractivity contribution is 1.07. The molecule has 1 heterocycles. The van der Waals surface area contributed by atoms with E-state index in [1.54, 1.807) is 0 Å². The van der Waals surface area contributed by atoms with E-state index in [1.807, 2.05) is 0 Å². The summed E-state index contributed by atoms with van der Waals surface area (Å²) in [6.07, 6.45) is 0. The van der Waals surface area contributed by atoms with Crippen LogP contribution in [0.15, 0.2) is 200 Å². The third-order valence-electron chi connectivity index (χ3n) is 11.7. The highest BCUT2D eigenvalue weighted by atomic mass is 28.3. The van der Waals surface area contributed by atoms with Crippen LogP contribution in [0.25, 0.3) is 89.8 Å². The van der Waals surface area contributed by atoms with E-state index in [0.717, 1.165) is 33.4 Å². The Morgan fingerprint density at radius 1 is 0.226 bits per heavy atom. The molecule has 0 aliphatic rings. The maximum Gasteiger partial charge on any atom is 0.164 e. The van der Waals surface area contributed by atoms with Gasteiger partial charge in [-0.1, -0.05) is 220 Å². The van der Waals surface area contributed by atoms with Gasteiger partial charge in [0.1, 0.15) is 0 Å².